The van der Waals surface area contributed by atoms with Crippen LogP contribution < -0.4 is 0 Å². The van der Waals surface area contributed by atoms with Gasteiger partial charge in [0.1, 0.15) is 0 Å². The van der Waals surface area contributed by atoms with Gasteiger partial charge < -0.3 is 6.42 Å². The smallest absolute Gasteiger partial charge is 0 e. The van der Waals surface area contributed by atoms with Crippen molar-refractivity contribution in [1.29, 1.82) is 0 Å². The quantitative estimate of drug-likeness (QED) is 0.500. The predicted molar refractivity (Wildman–Crippen MR) is 68.6 cm³/mol. The van der Waals surface area contributed by atoms with Crippen LogP contribution in [0.2, 0.25) is 0 Å². The summed E-state index contributed by atoms with van der Waals surface area (Å²) >= 11 is 0. The van der Waals surface area contributed by atoms with Crippen LogP contribution in [0.3, 0.4) is 0 Å². The standard InChI is InChI=1S/C16H17.Y/c1-6-13-7-8-15-14(9-13)12(3)11(2)10-16(15,4)5;/h7-9H,10H2,2-5H3;/q-1;. The van der Waals surface area contributed by atoms with Crippen LogP contribution in [0, 0.1) is 12.3 Å². The molecule has 0 saturated heterocycles. The third kappa shape index (κ3) is 2.57. The van der Waals surface area contributed by atoms with Gasteiger partial charge in [-0.25, -0.2) is 0 Å². The Labute approximate surface area is 130 Å². The fourth-order valence-corrected chi connectivity index (χ4v) is 2.64. The molecule has 0 fully saturated rings. The SMILES string of the molecule is [C-]#Cc1ccc2c(c1)C(C)=C(C)CC2(C)C.[Y]. The molecule has 85 valence electrons. The molecule has 0 spiro atoms. The van der Waals surface area contributed by atoms with Crippen LogP contribution in [-0.2, 0) is 38.1 Å². The number of allylic oxidation sites excluding steroid dienone is 2. The van der Waals surface area contributed by atoms with Crippen LogP contribution in [0.1, 0.15) is 50.8 Å². The molecule has 0 amide bonds. The van der Waals surface area contributed by atoms with Crippen LogP contribution in [0.5, 0.6) is 0 Å². The molecule has 1 heteroatoms. The van der Waals surface area contributed by atoms with Crippen LogP contribution in [0.25, 0.3) is 5.57 Å². The zero-order chi connectivity index (χ0) is 11.9. The topological polar surface area (TPSA) is 0 Å². The van der Waals surface area contributed by atoms with E-state index in [0.29, 0.717) is 0 Å². The Morgan fingerprint density at radius 1 is 1.24 bits per heavy atom. The minimum Gasteiger partial charge on any atom is -0.366 e. The molecule has 1 aromatic carbocycles. The van der Waals surface area contributed by atoms with E-state index in [1.165, 1.54) is 22.3 Å². The molecule has 1 aliphatic carbocycles. The molecule has 0 unspecified atom stereocenters. The summed E-state index contributed by atoms with van der Waals surface area (Å²) in [6.07, 6.45) is 8.33. The first-order chi connectivity index (χ1) is 7.45. The molecule has 1 aromatic rings. The average Bonchev–Trinajstić information content (AvgIpc) is 2.25. The van der Waals surface area contributed by atoms with Gasteiger partial charge in [0.25, 0.3) is 0 Å². The summed E-state index contributed by atoms with van der Waals surface area (Å²) in [5, 5.41) is 0. The molecule has 0 bridgehead atoms. The maximum atomic E-state index is 7.21. The summed E-state index contributed by atoms with van der Waals surface area (Å²) in [7, 11) is 0. The monoisotopic (exact) mass is 298 g/mol. The summed E-state index contributed by atoms with van der Waals surface area (Å²) in [6, 6.07) is 6.23. The molecule has 2 rings (SSSR count). The van der Waals surface area contributed by atoms with Crippen LogP contribution in [0.15, 0.2) is 23.8 Å². The zero-order valence-corrected chi connectivity index (χ0v) is 13.9. The number of hydrogen-bond acceptors (Lipinski definition) is 0. The van der Waals surface area contributed by atoms with Crippen LogP contribution >= 0.6 is 0 Å². The minimum atomic E-state index is 0. The van der Waals surface area contributed by atoms with Crippen molar-refractivity contribution < 1.29 is 32.7 Å². The van der Waals surface area contributed by atoms with Crippen molar-refractivity contribution in [2.24, 2.45) is 0 Å². The molecule has 0 N–H and O–H groups in total. The third-order valence-corrected chi connectivity index (χ3v) is 3.64. The zero-order valence-electron chi connectivity index (χ0n) is 11.0. The van der Waals surface area contributed by atoms with Gasteiger partial charge in [-0.05, 0) is 42.4 Å². The Bertz CT molecular complexity index is 513. The molecule has 0 saturated carbocycles. The Morgan fingerprint density at radius 2 is 1.88 bits per heavy atom. The summed E-state index contributed by atoms with van der Waals surface area (Å²) in [4.78, 5) is 0. The van der Waals surface area contributed by atoms with Gasteiger partial charge in [-0.3, -0.25) is 5.92 Å². The number of hydrogen-bond donors (Lipinski definition) is 0. The van der Waals surface area contributed by atoms with E-state index in [0.717, 1.165) is 12.0 Å². The number of fused-ring (bicyclic) bond motifs is 1. The van der Waals surface area contributed by atoms with Crippen molar-refractivity contribution >= 4 is 5.57 Å². The van der Waals surface area contributed by atoms with E-state index < -0.39 is 0 Å². The van der Waals surface area contributed by atoms with Gasteiger partial charge in [0.05, 0.1) is 0 Å². The molecule has 0 aliphatic heterocycles. The summed E-state index contributed by atoms with van der Waals surface area (Å²) in [5.74, 6) is 2.47. The van der Waals surface area contributed by atoms with Gasteiger partial charge in [0.15, 0.2) is 0 Å². The summed E-state index contributed by atoms with van der Waals surface area (Å²) in [5.41, 5.74) is 6.59. The van der Waals surface area contributed by atoms with Gasteiger partial charge in [0, 0.05) is 32.7 Å². The summed E-state index contributed by atoms with van der Waals surface area (Å²) in [6.45, 7) is 8.96. The Morgan fingerprint density at radius 3 is 2.47 bits per heavy atom. The van der Waals surface area contributed by atoms with E-state index in [1.807, 2.05) is 6.07 Å². The van der Waals surface area contributed by atoms with Crippen LogP contribution in [-0.4, -0.2) is 0 Å². The fourth-order valence-electron chi connectivity index (χ4n) is 2.64. The summed E-state index contributed by atoms with van der Waals surface area (Å²) < 4.78 is 0. The molecular formula is C16H17Y-. The van der Waals surface area contributed by atoms with Gasteiger partial charge in [-0.15, -0.1) is 17.7 Å². The number of benzene rings is 1. The largest absolute Gasteiger partial charge is 0.366 e. The van der Waals surface area contributed by atoms with Gasteiger partial charge in [-0.1, -0.05) is 25.5 Å². The Hall–Kier alpha value is -0.376. The molecule has 0 aromatic heterocycles. The van der Waals surface area contributed by atoms with Crippen molar-refractivity contribution in [2.75, 3.05) is 0 Å². The Balaban J connectivity index is 0.00000144. The first-order valence-electron chi connectivity index (χ1n) is 5.70. The van der Waals surface area contributed by atoms with Crippen molar-refractivity contribution in [1.82, 2.24) is 0 Å². The molecule has 0 nitrogen and oxygen atoms in total. The fraction of sp³-hybridized carbons (Fsp3) is 0.375. The normalized spacial score (nSPS) is 16.9. The third-order valence-electron chi connectivity index (χ3n) is 3.64. The molecule has 1 radical (unpaired) electrons. The van der Waals surface area contributed by atoms with Crippen molar-refractivity contribution in [3.05, 3.63) is 46.9 Å². The average molecular weight is 298 g/mol. The first kappa shape index (κ1) is 14.7. The van der Waals surface area contributed by atoms with Gasteiger partial charge in [-0.2, -0.15) is 0 Å². The van der Waals surface area contributed by atoms with E-state index in [-0.39, 0.29) is 38.1 Å². The van der Waals surface area contributed by atoms with E-state index in [1.54, 1.807) is 0 Å². The van der Waals surface area contributed by atoms with E-state index in [2.05, 4.69) is 45.7 Å². The number of rotatable bonds is 0. The predicted octanol–water partition coefficient (Wildman–Crippen LogP) is 4.10. The van der Waals surface area contributed by atoms with Gasteiger partial charge in [0.2, 0.25) is 0 Å². The first-order valence-corrected chi connectivity index (χ1v) is 5.70. The molecular weight excluding hydrogens is 281 g/mol. The van der Waals surface area contributed by atoms with E-state index >= 15 is 0 Å². The molecule has 1 aliphatic rings. The van der Waals surface area contributed by atoms with Crippen LogP contribution in [0.4, 0.5) is 0 Å². The second-order valence-electron chi connectivity index (χ2n) is 5.35. The second kappa shape index (κ2) is 5.09. The molecule has 17 heavy (non-hydrogen) atoms. The van der Waals surface area contributed by atoms with Crippen molar-refractivity contribution in [2.45, 2.75) is 39.5 Å². The van der Waals surface area contributed by atoms with Crippen molar-refractivity contribution in [3.63, 3.8) is 0 Å². The minimum absolute atomic E-state index is 0. The maximum absolute atomic E-state index is 7.21. The Kier molecular flexibility index (Phi) is 4.40. The van der Waals surface area contributed by atoms with E-state index in [9.17, 15) is 0 Å². The second-order valence-corrected chi connectivity index (χ2v) is 5.35. The van der Waals surface area contributed by atoms with E-state index in [4.69, 9.17) is 6.42 Å². The van der Waals surface area contributed by atoms with Gasteiger partial charge >= 0.3 is 0 Å². The molecule has 0 heterocycles. The molecule has 0 atom stereocenters. The maximum Gasteiger partial charge on any atom is 0 e. The van der Waals surface area contributed by atoms with Crippen molar-refractivity contribution in [3.8, 4) is 5.92 Å².